The highest BCUT2D eigenvalue weighted by molar-refractivity contribution is 5.91. The lowest BCUT2D eigenvalue weighted by Crippen LogP contribution is -2.36. The van der Waals surface area contributed by atoms with Gasteiger partial charge in [0.25, 0.3) is 0 Å². The van der Waals surface area contributed by atoms with Crippen LogP contribution in [0.1, 0.15) is 30.9 Å². The molecule has 1 aliphatic rings. The van der Waals surface area contributed by atoms with Crippen LogP contribution in [-0.2, 0) is 4.79 Å². The Labute approximate surface area is 109 Å². The number of amides is 1. The number of aryl methyl sites for hydroxylation is 1. The number of hydrogen-bond acceptors (Lipinski definition) is 1. The molecule has 1 aromatic carbocycles. The molecule has 0 radical (unpaired) electrons. The number of piperidine rings is 1. The zero-order valence-corrected chi connectivity index (χ0v) is 11.2. The van der Waals surface area contributed by atoms with E-state index in [2.05, 4.69) is 26.0 Å². The molecule has 2 nitrogen and oxygen atoms in total. The number of carbonyl (C=O) groups excluding carboxylic acids is 1. The second-order valence-corrected chi connectivity index (χ2v) is 5.26. The van der Waals surface area contributed by atoms with Crippen molar-refractivity contribution in [1.82, 2.24) is 4.90 Å². The summed E-state index contributed by atoms with van der Waals surface area (Å²) in [4.78, 5) is 14.0. The highest BCUT2D eigenvalue weighted by atomic mass is 16.2. The molecule has 18 heavy (non-hydrogen) atoms. The molecule has 0 aromatic heterocycles. The van der Waals surface area contributed by atoms with Crippen LogP contribution in [0.15, 0.2) is 30.3 Å². The Bertz CT molecular complexity index is 442. The van der Waals surface area contributed by atoms with Crippen molar-refractivity contribution in [2.45, 2.75) is 26.7 Å². The van der Waals surface area contributed by atoms with Crippen molar-refractivity contribution in [3.05, 3.63) is 41.5 Å². The average molecular weight is 243 g/mol. The third-order valence-corrected chi connectivity index (χ3v) is 3.56. The van der Waals surface area contributed by atoms with Crippen LogP contribution in [-0.4, -0.2) is 23.9 Å². The molecule has 1 amide bonds. The molecule has 0 unspecified atom stereocenters. The van der Waals surface area contributed by atoms with Crippen molar-refractivity contribution in [2.75, 3.05) is 13.1 Å². The Hall–Kier alpha value is -1.57. The van der Waals surface area contributed by atoms with Crippen molar-refractivity contribution in [3.63, 3.8) is 0 Å². The minimum atomic E-state index is 0.142. The molecule has 2 heteroatoms. The van der Waals surface area contributed by atoms with E-state index in [-0.39, 0.29) is 5.91 Å². The second-order valence-electron chi connectivity index (χ2n) is 5.26. The van der Waals surface area contributed by atoms with Gasteiger partial charge < -0.3 is 4.90 Å². The lowest BCUT2D eigenvalue weighted by Gasteiger charge is -2.29. The molecule has 0 saturated carbocycles. The number of rotatable bonds is 2. The highest BCUT2D eigenvalue weighted by Gasteiger charge is 2.18. The molecular formula is C16H21NO. The van der Waals surface area contributed by atoms with E-state index in [0.717, 1.165) is 37.4 Å². The zero-order chi connectivity index (χ0) is 13.0. The predicted octanol–water partition coefficient (Wildman–Crippen LogP) is 3.27. The summed E-state index contributed by atoms with van der Waals surface area (Å²) in [7, 11) is 0. The first-order valence-corrected chi connectivity index (χ1v) is 6.69. The average Bonchev–Trinajstić information content (AvgIpc) is 2.37. The van der Waals surface area contributed by atoms with Crippen molar-refractivity contribution in [1.29, 1.82) is 0 Å². The summed E-state index contributed by atoms with van der Waals surface area (Å²) in [6.45, 7) is 6.12. The maximum absolute atomic E-state index is 12.0. The van der Waals surface area contributed by atoms with E-state index >= 15 is 0 Å². The lowest BCUT2D eigenvalue weighted by atomic mass is 9.99. The van der Waals surface area contributed by atoms with Gasteiger partial charge in [0.1, 0.15) is 0 Å². The Morgan fingerprint density at radius 1 is 1.33 bits per heavy atom. The highest BCUT2D eigenvalue weighted by Crippen LogP contribution is 2.16. The standard InChI is InChI=1S/C16H21NO/c1-13-8-10-17(11-9-13)16(18)7-6-15-5-3-4-14(2)12-15/h3-7,12-13H,8-11H2,1-2H3. The molecular weight excluding hydrogens is 222 g/mol. The third-order valence-electron chi connectivity index (χ3n) is 3.56. The smallest absolute Gasteiger partial charge is 0.246 e. The summed E-state index contributed by atoms with van der Waals surface area (Å²) in [5.41, 5.74) is 2.31. The zero-order valence-electron chi connectivity index (χ0n) is 11.2. The van der Waals surface area contributed by atoms with Crippen LogP contribution >= 0.6 is 0 Å². The van der Waals surface area contributed by atoms with E-state index in [0.29, 0.717) is 0 Å². The number of nitrogens with zero attached hydrogens (tertiary/aromatic N) is 1. The first-order valence-electron chi connectivity index (χ1n) is 6.69. The van der Waals surface area contributed by atoms with Gasteiger partial charge in [-0.1, -0.05) is 36.8 Å². The Kier molecular flexibility index (Phi) is 4.19. The molecule has 2 rings (SSSR count). The summed E-state index contributed by atoms with van der Waals surface area (Å²) in [6, 6.07) is 8.18. The van der Waals surface area contributed by atoms with Gasteiger partial charge in [0, 0.05) is 19.2 Å². The Balaban J connectivity index is 1.94. The van der Waals surface area contributed by atoms with Gasteiger partial charge in [-0.3, -0.25) is 4.79 Å². The van der Waals surface area contributed by atoms with Gasteiger partial charge in [-0.15, -0.1) is 0 Å². The lowest BCUT2D eigenvalue weighted by molar-refractivity contribution is -0.127. The SMILES string of the molecule is Cc1cccc(C=CC(=O)N2CCC(C)CC2)c1. The monoisotopic (exact) mass is 243 g/mol. The topological polar surface area (TPSA) is 20.3 Å². The molecule has 96 valence electrons. The summed E-state index contributed by atoms with van der Waals surface area (Å²) in [6.07, 6.45) is 5.87. The second kappa shape index (κ2) is 5.85. The molecule has 0 N–H and O–H groups in total. The van der Waals surface area contributed by atoms with Crippen LogP contribution in [0.5, 0.6) is 0 Å². The molecule has 0 aliphatic carbocycles. The van der Waals surface area contributed by atoms with E-state index in [1.807, 2.05) is 23.1 Å². The van der Waals surface area contributed by atoms with Crippen molar-refractivity contribution in [2.24, 2.45) is 5.92 Å². The summed E-state index contributed by atoms with van der Waals surface area (Å²) in [5, 5.41) is 0. The van der Waals surface area contributed by atoms with Crippen LogP contribution in [0.3, 0.4) is 0 Å². The molecule has 1 heterocycles. The van der Waals surface area contributed by atoms with E-state index in [4.69, 9.17) is 0 Å². The number of carbonyl (C=O) groups is 1. The Morgan fingerprint density at radius 2 is 2.06 bits per heavy atom. The minimum Gasteiger partial charge on any atom is -0.339 e. The molecule has 1 aromatic rings. The fraction of sp³-hybridized carbons (Fsp3) is 0.438. The van der Waals surface area contributed by atoms with Gasteiger partial charge in [-0.2, -0.15) is 0 Å². The first-order chi connectivity index (χ1) is 8.65. The summed E-state index contributed by atoms with van der Waals surface area (Å²) >= 11 is 0. The summed E-state index contributed by atoms with van der Waals surface area (Å²) < 4.78 is 0. The molecule has 1 fully saturated rings. The largest absolute Gasteiger partial charge is 0.339 e. The van der Waals surface area contributed by atoms with Gasteiger partial charge in [0.05, 0.1) is 0 Å². The van der Waals surface area contributed by atoms with Crippen LogP contribution in [0.25, 0.3) is 6.08 Å². The molecule has 1 aliphatic heterocycles. The van der Waals surface area contributed by atoms with Crippen LogP contribution in [0.4, 0.5) is 0 Å². The van der Waals surface area contributed by atoms with Crippen LogP contribution in [0.2, 0.25) is 0 Å². The van der Waals surface area contributed by atoms with Crippen LogP contribution < -0.4 is 0 Å². The quantitative estimate of drug-likeness (QED) is 0.730. The fourth-order valence-electron chi connectivity index (χ4n) is 2.28. The maximum Gasteiger partial charge on any atom is 0.246 e. The van der Waals surface area contributed by atoms with Crippen molar-refractivity contribution < 1.29 is 4.79 Å². The molecule has 1 saturated heterocycles. The van der Waals surface area contributed by atoms with Crippen LogP contribution in [0, 0.1) is 12.8 Å². The minimum absolute atomic E-state index is 0.142. The first kappa shape index (κ1) is 12.9. The number of likely N-dealkylation sites (tertiary alicyclic amines) is 1. The molecule has 0 bridgehead atoms. The molecule has 0 spiro atoms. The van der Waals surface area contributed by atoms with Gasteiger partial charge >= 0.3 is 0 Å². The normalized spacial score (nSPS) is 17.3. The number of benzene rings is 1. The van der Waals surface area contributed by atoms with Crippen molar-refractivity contribution in [3.8, 4) is 0 Å². The van der Waals surface area contributed by atoms with E-state index in [1.54, 1.807) is 6.08 Å². The Morgan fingerprint density at radius 3 is 2.72 bits per heavy atom. The van der Waals surface area contributed by atoms with Gasteiger partial charge in [-0.05, 0) is 37.3 Å². The van der Waals surface area contributed by atoms with E-state index < -0.39 is 0 Å². The van der Waals surface area contributed by atoms with E-state index in [1.165, 1.54) is 5.56 Å². The van der Waals surface area contributed by atoms with E-state index in [9.17, 15) is 4.79 Å². The predicted molar refractivity (Wildman–Crippen MR) is 75.2 cm³/mol. The number of hydrogen-bond donors (Lipinski definition) is 0. The fourth-order valence-corrected chi connectivity index (χ4v) is 2.28. The van der Waals surface area contributed by atoms with Crippen molar-refractivity contribution >= 4 is 12.0 Å². The van der Waals surface area contributed by atoms with Gasteiger partial charge in [0.2, 0.25) is 5.91 Å². The van der Waals surface area contributed by atoms with Gasteiger partial charge in [0.15, 0.2) is 0 Å². The maximum atomic E-state index is 12.0. The third kappa shape index (κ3) is 3.46. The summed E-state index contributed by atoms with van der Waals surface area (Å²) in [5.74, 6) is 0.901. The van der Waals surface area contributed by atoms with Gasteiger partial charge in [-0.25, -0.2) is 0 Å². The molecule has 0 atom stereocenters.